The quantitative estimate of drug-likeness (QED) is 0.149. The largest absolute Gasteiger partial charge is 0.450 e. The molecule has 2 aromatic carbocycles. The summed E-state index contributed by atoms with van der Waals surface area (Å²) >= 11 is 15.1. The van der Waals surface area contributed by atoms with E-state index in [4.69, 9.17) is 33.0 Å². The second-order valence-corrected chi connectivity index (χ2v) is 14.3. The van der Waals surface area contributed by atoms with Crippen molar-refractivity contribution in [3.63, 3.8) is 0 Å². The Balaban J connectivity index is 1.07. The molecule has 5 atom stereocenters. The third kappa shape index (κ3) is 9.06. The molecule has 0 aromatic heterocycles. The summed E-state index contributed by atoms with van der Waals surface area (Å²) in [6, 6.07) is 12.2. The van der Waals surface area contributed by atoms with E-state index >= 15 is 0 Å². The summed E-state index contributed by atoms with van der Waals surface area (Å²) < 4.78 is 5.10. The van der Waals surface area contributed by atoms with Crippen LogP contribution in [0.2, 0.25) is 10.0 Å². The summed E-state index contributed by atoms with van der Waals surface area (Å²) in [6.07, 6.45) is -3.37. The summed E-state index contributed by atoms with van der Waals surface area (Å²) in [7, 11) is 0. The van der Waals surface area contributed by atoms with Gasteiger partial charge in [0.1, 0.15) is 18.3 Å². The van der Waals surface area contributed by atoms with Crippen molar-refractivity contribution in [2.75, 3.05) is 54.3 Å². The zero-order chi connectivity index (χ0) is 34.4. The average molecular weight is 728 g/mol. The van der Waals surface area contributed by atoms with Crippen molar-refractivity contribution in [3.8, 4) is 0 Å². The highest BCUT2D eigenvalue weighted by atomic mass is 35.5. The van der Waals surface area contributed by atoms with Gasteiger partial charge in [0, 0.05) is 53.9 Å². The van der Waals surface area contributed by atoms with Crippen LogP contribution < -0.4 is 15.1 Å². The summed E-state index contributed by atoms with van der Waals surface area (Å²) in [6.45, 7) is 0.899. The third-order valence-corrected chi connectivity index (χ3v) is 10.8. The van der Waals surface area contributed by atoms with Crippen molar-refractivity contribution in [1.82, 2.24) is 10.2 Å². The predicted molar refractivity (Wildman–Crippen MR) is 186 cm³/mol. The third-order valence-electron chi connectivity index (χ3n) is 9.00. The van der Waals surface area contributed by atoms with Crippen LogP contribution in [0, 0.1) is 0 Å². The first kappa shape index (κ1) is 36.9. The monoisotopic (exact) mass is 726 g/mol. The number of thioether (sulfide) groups is 1. The van der Waals surface area contributed by atoms with Crippen molar-refractivity contribution < 1.29 is 39.9 Å². The van der Waals surface area contributed by atoms with Crippen LogP contribution in [0.5, 0.6) is 0 Å². The molecule has 2 aromatic rings. The van der Waals surface area contributed by atoms with Crippen LogP contribution >= 0.6 is 35.0 Å². The zero-order valence-electron chi connectivity index (χ0n) is 26.6. The van der Waals surface area contributed by atoms with Gasteiger partial charge in [0.15, 0.2) is 0 Å². The second kappa shape index (κ2) is 17.1. The number of benzene rings is 2. The molecule has 12 nitrogen and oxygen atoms in total. The number of aryl methyl sites for hydroxylation is 1. The summed E-state index contributed by atoms with van der Waals surface area (Å²) in [5, 5.41) is 51.0. The van der Waals surface area contributed by atoms with Gasteiger partial charge in [-0.1, -0.05) is 35.3 Å². The molecule has 3 aliphatic rings. The molecule has 1 aliphatic carbocycles. The van der Waals surface area contributed by atoms with Gasteiger partial charge in [-0.15, -0.1) is 11.8 Å². The number of halogens is 2. The van der Waals surface area contributed by atoms with Crippen LogP contribution in [0.4, 0.5) is 16.2 Å². The van der Waals surface area contributed by atoms with Crippen LogP contribution in [-0.4, -0.2) is 123 Å². The number of carbonyl (C=O) groups excluding carboxylic acids is 2. The molecule has 2 aliphatic heterocycles. The maximum Gasteiger partial charge on any atom is 0.407 e. The minimum atomic E-state index is -1.78. The van der Waals surface area contributed by atoms with E-state index in [1.165, 1.54) is 12.8 Å². The minimum absolute atomic E-state index is 0.0991. The number of carbonyl (C=O) groups is 2. The molecule has 1 saturated heterocycles. The normalized spacial score (nSPS) is 20.6. The number of rotatable bonds is 15. The number of aliphatic hydroxyl groups is 5. The number of ether oxygens (including phenoxy) is 1. The number of unbranched alkanes of at least 4 members (excludes halogenated alkanes) is 1. The van der Waals surface area contributed by atoms with Crippen molar-refractivity contribution in [2.24, 2.45) is 0 Å². The van der Waals surface area contributed by atoms with Crippen LogP contribution in [-0.2, 0) is 22.5 Å². The standard InChI is InChI=1S/C33H44Cl2N4O8S/c34-23-14-21(24(35)13-20(23)5-3-4-12-47-33(46)36-15-28(41)30(43)31(44)29(42)17-40)16-37-19-48-18-27(37)32(45)39-11-10-38(22-8-9-22)25-6-1-2-7-26(25)39/h1-2,6-7,13-14,22,27-31,40-44H,3-5,8-12,15-19H2,(H,36,46)/t27-,28-,29+,30+,31+/m0/s1. The van der Waals surface area contributed by atoms with Gasteiger partial charge in [-0.2, -0.15) is 0 Å². The van der Waals surface area contributed by atoms with E-state index in [0.717, 1.165) is 34.9 Å². The number of anilines is 2. The highest BCUT2D eigenvalue weighted by Gasteiger charge is 2.40. The maximum absolute atomic E-state index is 13.9. The highest BCUT2D eigenvalue weighted by molar-refractivity contribution is 7.99. The summed E-state index contributed by atoms with van der Waals surface area (Å²) in [4.78, 5) is 32.4. The molecule has 2 heterocycles. The van der Waals surface area contributed by atoms with E-state index in [2.05, 4.69) is 21.2 Å². The lowest BCUT2D eigenvalue weighted by molar-refractivity contribution is -0.122. The number of amides is 2. The Morgan fingerprint density at radius 2 is 1.65 bits per heavy atom. The Kier molecular flexibility index (Phi) is 13.1. The van der Waals surface area contributed by atoms with Gasteiger partial charge in [0.25, 0.3) is 0 Å². The Bertz CT molecular complexity index is 1420. The molecule has 48 heavy (non-hydrogen) atoms. The smallest absolute Gasteiger partial charge is 0.407 e. The van der Waals surface area contributed by atoms with E-state index in [-0.39, 0.29) is 18.6 Å². The van der Waals surface area contributed by atoms with E-state index in [0.29, 0.717) is 54.2 Å². The van der Waals surface area contributed by atoms with Gasteiger partial charge >= 0.3 is 6.09 Å². The minimum Gasteiger partial charge on any atom is -0.450 e. The molecule has 0 bridgehead atoms. The predicted octanol–water partition coefficient (Wildman–Crippen LogP) is 2.37. The van der Waals surface area contributed by atoms with Crippen molar-refractivity contribution in [3.05, 3.63) is 57.6 Å². The first-order valence-corrected chi connectivity index (χ1v) is 18.2. The van der Waals surface area contributed by atoms with Crippen molar-refractivity contribution >= 4 is 58.3 Å². The molecule has 1 saturated carbocycles. The lowest BCUT2D eigenvalue weighted by Crippen LogP contribution is -2.52. The zero-order valence-corrected chi connectivity index (χ0v) is 28.9. The number of aliphatic hydroxyl groups excluding tert-OH is 5. The van der Waals surface area contributed by atoms with Crippen LogP contribution in [0.1, 0.15) is 36.8 Å². The lowest BCUT2D eigenvalue weighted by atomic mass is 10.0. The molecule has 6 N–H and O–H groups in total. The van der Waals surface area contributed by atoms with Gasteiger partial charge in [0.05, 0.1) is 36.7 Å². The van der Waals surface area contributed by atoms with E-state index in [9.17, 15) is 30.0 Å². The molecule has 0 unspecified atom stereocenters. The highest BCUT2D eigenvalue weighted by Crippen LogP contribution is 2.41. The molecule has 0 spiro atoms. The second-order valence-electron chi connectivity index (χ2n) is 12.5. The lowest BCUT2D eigenvalue weighted by Gasteiger charge is -2.39. The molecule has 2 fully saturated rings. The van der Waals surface area contributed by atoms with Gasteiger partial charge in [-0.05, 0) is 67.5 Å². The molecule has 264 valence electrons. The Morgan fingerprint density at radius 3 is 2.38 bits per heavy atom. The molecule has 15 heteroatoms. The topological polar surface area (TPSA) is 166 Å². The number of para-hydroxylation sites is 2. The van der Waals surface area contributed by atoms with Crippen LogP contribution in [0.15, 0.2) is 36.4 Å². The van der Waals surface area contributed by atoms with Gasteiger partial charge in [0.2, 0.25) is 5.91 Å². The first-order chi connectivity index (χ1) is 23.1. The number of hydrogen-bond acceptors (Lipinski definition) is 11. The van der Waals surface area contributed by atoms with Crippen molar-refractivity contribution in [2.45, 2.75) is 75.1 Å². The number of nitrogens with zero attached hydrogens (tertiary/aromatic N) is 3. The molecular formula is C33H44Cl2N4O8S. The van der Waals surface area contributed by atoms with Gasteiger partial charge < -0.3 is 45.4 Å². The summed E-state index contributed by atoms with van der Waals surface area (Å²) in [5.74, 6) is 1.55. The Hall–Kier alpha value is -2.33. The van der Waals surface area contributed by atoms with E-state index in [1.807, 2.05) is 35.2 Å². The van der Waals surface area contributed by atoms with Gasteiger partial charge in [-0.25, -0.2) is 4.79 Å². The molecule has 0 radical (unpaired) electrons. The molecular weight excluding hydrogens is 683 g/mol. The SMILES string of the molecule is O=C(NC[C@H](O)[C@@H](O)[C@H](O)[C@H](O)CO)OCCCCc1cc(Cl)c(CN2CSC[C@H]2C(=O)N2CCN(C3CC3)c3ccccc32)cc1Cl. The van der Waals surface area contributed by atoms with E-state index in [1.54, 1.807) is 11.8 Å². The number of fused-ring (bicyclic) bond motifs is 1. The number of hydrogen-bond donors (Lipinski definition) is 6. The fraction of sp³-hybridized carbons (Fsp3) is 0.576. The van der Waals surface area contributed by atoms with Crippen molar-refractivity contribution in [1.29, 1.82) is 0 Å². The maximum atomic E-state index is 13.9. The first-order valence-electron chi connectivity index (χ1n) is 16.3. The Labute approximate surface area is 294 Å². The summed E-state index contributed by atoms with van der Waals surface area (Å²) in [5.41, 5.74) is 3.85. The average Bonchev–Trinajstić information content (AvgIpc) is 3.84. The molecule has 5 rings (SSSR count). The van der Waals surface area contributed by atoms with E-state index < -0.39 is 43.7 Å². The van der Waals surface area contributed by atoms with Crippen LogP contribution in [0.3, 0.4) is 0 Å². The fourth-order valence-corrected chi connectivity index (χ4v) is 7.80. The molecule has 2 amide bonds. The van der Waals surface area contributed by atoms with Gasteiger partial charge in [-0.3, -0.25) is 9.69 Å². The Morgan fingerprint density at radius 1 is 0.958 bits per heavy atom. The number of alkyl carbamates (subject to hydrolysis) is 1. The fourth-order valence-electron chi connectivity index (χ4n) is 6.08. The van der Waals surface area contributed by atoms with Crippen LogP contribution in [0.25, 0.3) is 0 Å². The number of nitrogens with one attached hydrogen (secondary N) is 1.